The molecule has 0 radical (unpaired) electrons. The lowest BCUT2D eigenvalue weighted by atomic mass is 10.1. The summed E-state index contributed by atoms with van der Waals surface area (Å²) in [5, 5.41) is 19.2. The first-order valence-electron chi connectivity index (χ1n) is 9.28. The summed E-state index contributed by atoms with van der Waals surface area (Å²) in [4.78, 5) is 3.41. The zero-order valence-corrected chi connectivity index (χ0v) is 15.7. The third kappa shape index (κ3) is 3.79. The fourth-order valence-corrected chi connectivity index (χ4v) is 4.02. The van der Waals surface area contributed by atoms with Crippen molar-refractivity contribution in [2.75, 3.05) is 14.2 Å². The van der Waals surface area contributed by atoms with E-state index in [1.165, 1.54) is 0 Å². The van der Waals surface area contributed by atoms with Crippen LogP contribution < -0.4 is 14.8 Å². The van der Waals surface area contributed by atoms with E-state index in [-0.39, 0.29) is 12.1 Å². The number of aliphatic hydroxyl groups is 1. The molecule has 144 valence electrons. The normalized spacial score (nSPS) is 22.4. The van der Waals surface area contributed by atoms with Gasteiger partial charge in [-0.3, -0.25) is 4.68 Å². The number of nitrogens with zero attached hydrogens (tertiary/aromatic N) is 2. The van der Waals surface area contributed by atoms with E-state index in [0.29, 0.717) is 12.5 Å². The molecule has 7 nitrogen and oxygen atoms in total. The Balaban J connectivity index is 1.41. The number of methoxy groups -OCH3 is 2. The number of aromatic amines is 1. The molecule has 4 rings (SSSR count). The van der Waals surface area contributed by atoms with Gasteiger partial charge in [0.05, 0.1) is 25.8 Å². The van der Waals surface area contributed by atoms with Crippen LogP contribution in [0.25, 0.3) is 10.9 Å². The van der Waals surface area contributed by atoms with Gasteiger partial charge in [-0.1, -0.05) is 0 Å². The average molecular weight is 370 g/mol. The predicted octanol–water partition coefficient (Wildman–Crippen LogP) is 2.31. The standard InChI is InChI=1S/C20H26N4O3/c1-26-15-9-17-16(20(10-15)27-2)8-14(23-17)11-21-18-6-13(7-19(18)25)12-24-5-3-4-22-24/h3-5,8-10,13,18-19,21,23,25H,6-7,11-12H2,1-2H3/t13?,18-,19-/m1/s1. The number of aliphatic hydroxyl groups excluding tert-OH is 1. The van der Waals surface area contributed by atoms with Crippen molar-refractivity contribution in [1.29, 1.82) is 0 Å². The van der Waals surface area contributed by atoms with Crippen LogP contribution in [0.15, 0.2) is 36.7 Å². The minimum absolute atomic E-state index is 0.0911. The molecule has 1 aromatic carbocycles. The third-order valence-corrected chi connectivity index (χ3v) is 5.37. The molecule has 0 aliphatic heterocycles. The molecule has 2 aromatic heterocycles. The van der Waals surface area contributed by atoms with E-state index < -0.39 is 0 Å². The van der Waals surface area contributed by atoms with E-state index in [1.54, 1.807) is 20.4 Å². The molecule has 3 aromatic rings. The van der Waals surface area contributed by atoms with Gasteiger partial charge >= 0.3 is 0 Å². The van der Waals surface area contributed by atoms with Gasteiger partial charge in [0, 0.05) is 54.7 Å². The van der Waals surface area contributed by atoms with Gasteiger partial charge in [0.15, 0.2) is 0 Å². The molecular formula is C20H26N4O3. The van der Waals surface area contributed by atoms with Crippen molar-refractivity contribution in [1.82, 2.24) is 20.1 Å². The summed E-state index contributed by atoms with van der Waals surface area (Å²) < 4.78 is 12.7. The molecule has 1 saturated carbocycles. The number of hydrogen-bond acceptors (Lipinski definition) is 5. The average Bonchev–Trinajstić information content (AvgIpc) is 3.39. The molecule has 2 heterocycles. The third-order valence-electron chi connectivity index (χ3n) is 5.37. The lowest BCUT2D eigenvalue weighted by Gasteiger charge is -2.15. The Morgan fingerprint density at radius 1 is 1.26 bits per heavy atom. The number of aromatic nitrogens is 3. The van der Waals surface area contributed by atoms with Crippen LogP contribution in [0, 0.1) is 5.92 Å². The van der Waals surface area contributed by atoms with Gasteiger partial charge in [0.25, 0.3) is 0 Å². The van der Waals surface area contributed by atoms with Crippen LogP contribution in [0.4, 0.5) is 0 Å². The molecule has 27 heavy (non-hydrogen) atoms. The molecular weight excluding hydrogens is 344 g/mol. The van der Waals surface area contributed by atoms with E-state index in [1.807, 2.05) is 29.1 Å². The monoisotopic (exact) mass is 370 g/mol. The highest BCUT2D eigenvalue weighted by atomic mass is 16.5. The molecule has 0 bridgehead atoms. The second kappa shape index (κ2) is 7.62. The van der Waals surface area contributed by atoms with Crippen molar-refractivity contribution in [3.8, 4) is 11.5 Å². The van der Waals surface area contributed by atoms with Crippen molar-refractivity contribution in [2.45, 2.75) is 38.1 Å². The van der Waals surface area contributed by atoms with Gasteiger partial charge < -0.3 is 24.9 Å². The molecule has 0 saturated heterocycles. The van der Waals surface area contributed by atoms with Crippen LogP contribution >= 0.6 is 0 Å². The molecule has 3 atom stereocenters. The molecule has 0 amide bonds. The summed E-state index contributed by atoms with van der Waals surface area (Å²) in [6.07, 6.45) is 5.18. The van der Waals surface area contributed by atoms with E-state index in [4.69, 9.17) is 9.47 Å². The van der Waals surface area contributed by atoms with Crippen molar-refractivity contribution in [2.24, 2.45) is 5.92 Å². The maximum absolute atomic E-state index is 10.4. The summed E-state index contributed by atoms with van der Waals surface area (Å²) in [6.45, 7) is 1.52. The molecule has 0 spiro atoms. The van der Waals surface area contributed by atoms with Gasteiger partial charge in [-0.2, -0.15) is 5.10 Å². The highest BCUT2D eigenvalue weighted by Gasteiger charge is 2.32. The lowest BCUT2D eigenvalue weighted by molar-refractivity contribution is 0.145. The van der Waals surface area contributed by atoms with Gasteiger partial charge in [-0.05, 0) is 30.9 Å². The second-order valence-corrected chi connectivity index (χ2v) is 7.21. The van der Waals surface area contributed by atoms with Crippen molar-refractivity contribution in [3.63, 3.8) is 0 Å². The fraction of sp³-hybridized carbons (Fsp3) is 0.450. The van der Waals surface area contributed by atoms with Crippen LogP contribution in [0.2, 0.25) is 0 Å². The Labute approximate surface area is 158 Å². The Hall–Kier alpha value is -2.51. The highest BCUT2D eigenvalue weighted by Crippen LogP contribution is 2.32. The molecule has 1 aliphatic rings. The Bertz CT molecular complexity index is 890. The maximum atomic E-state index is 10.4. The first kappa shape index (κ1) is 17.9. The number of ether oxygens (including phenoxy) is 2. The fourth-order valence-electron chi connectivity index (χ4n) is 4.02. The van der Waals surface area contributed by atoms with Crippen LogP contribution in [-0.4, -0.2) is 46.2 Å². The number of rotatable bonds is 7. The van der Waals surface area contributed by atoms with Crippen LogP contribution in [0.3, 0.4) is 0 Å². The Kier molecular flexibility index (Phi) is 5.05. The van der Waals surface area contributed by atoms with Crippen LogP contribution in [-0.2, 0) is 13.1 Å². The number of nitrogens with one attached hydrogen (secondary N) is 2. The minimum Gasteiger partial charge on any atom is -0.497 e. The number of fused-ring (bicyclic) bond motifs is 1. The van der Waals surface area contributed by atoms with E-state index >= 15 is 0 Å². The first-order chi connectivity index (χ1) is 13.2. The SMILES string of the molecule is COc1cc(OC)c2cc(CN[C@@H]3CC(Cn4cccn4)C[C@H]3O)[nH]c2c1. The molecule has 3 N–H and O–H groups in total. The van der Waals surface area contributed by atoms with Gasteiger partial charge in [-0.15, -0.1) is 0 Å². The number of hydrogen-bond donors (Lipinski definition) is 3. The van der Waals surface area contributed by atoms with Crippen molar-refractivity contribution < 1.29 is 14.6 Å². The van der Waals surface area contributed by atoms with E-state index in [0.717, 1.165) is 47.5 Å². The van der Waals surface area contributed by atoms with E-state index in [9.17, 15) is 5.11 Å². The Morgan fingerprint density at radius 2 is 2.15 bits per heavy atom. The zero-order chi connectivity index (χ0) is 18.8. The van der Waals surface area contributed by atoms with Gasteiger partial charge in [0.1, 0.15) is 11.5 Å². The molecule has 1 fully saturated rings. The topological polar surface area (TPSA) is 84.3 Å². The molecule has 7 heteroatoms. The van der Waals surface area contributed by atoms with Gasteiger partial charge in [0.2, 0.25) is 0 Å². The smallest absolute Gasteiger partial charge is 0.131 e. The number of H-pyrrole nitrogens is 1. The molecule has 1 unspecified atom stereocenters. The minimum atomic E-state index is -0.329. The summed E-state index contributed by atoms with van der Waals surface area (Å²) in [5.74, 6) is 1.98. The summed E-state index contributed by atoms with van der Waals surface area (Å²) in [6, 6.07) is 7.96. The summed E-state index contributed by atoms with van der Waals surface area (Å²) in [7, 11) is 3.31. The maximum Gasteiger partial charge on any atom is 0.131 e. The largest absolute Gasteiger partial charge is 0.497 e. The predicted molar refractivity (Wildman–Crippen MR) is 103 cm³/mol. The quantitative estimate of drug-likeness (QED) is 0.594. The zero-order valence-electron chi connectivity index (χ0n) is 15.7. The first-order valence-corrected chi connectivity index (χ1v) is 9.28. The molecule has 1 aliphatic carbocycles. The second-order valence-electron chi connectivity index (χ2n) is 7.21. The van der Waals surface area contributed by atoms with Crippen molar-refractivity contribution >= 4 is 10.9 Å². The number of benzene rings is 1. The Morgan fingerprint density at radius 3 is 2.89 bits per heavy atom. The summed E-state index contributed by atoms with van der Waals surface area (Å²) in [5.41, 5.74) is 2.03. The van der Waals surface area contributed by atoms with E-state index in [2.05, 4.69) is 21.5 Å². The van der Waals surface area contributed by atoms with Crippen molar-refractivity contribution in [3.05, 3.63) is 42.4 Å². The summed E-state index contributed by atoms with van der Waals surface area (Å²) >= 11 is 0. The lowest BCUT2D eigenvalue weighted by Crippen LogP contribution is -2.35. The highest BCUT2D eigenvalue weighted by molar-refractivity contribution is 5.88. The van der Waals surface area contributed by atoms with Crippen LogP contribution in [0.1, 0.15) is 18.5 Å². The van der Waals surface area contributed by atoms with Gasteiger partial charge in [-0.25, -0.2) is 0 Å². The van der Waals surface area contributed by atoms with Crippen LogP contribution in [0.5, 0.6) is 11.5 Å².